The Balaban J connectivity index is 1.59. The lowest BCUT2D eigenvalue weighted by Gasteiger charge is -2.38. The third-order valence-electron chi connectivity index (χ3n) is 8.25. The van der Waals surface area contributed by atoms with Crippen LogP contribution in [0.15, 0.2) is 47.4 Å². The number of alkyl halides is 2. The number of nitrogens with zero attached hydrogens (tertiary/aromatic N) is 2. The first kappa shape index (κ1) is 36.3. The van der Waals surface area contributed by atoms with Crippen LogP contribution in [0.4, 0.5) is 17.6 Å². The van der Waals surface area contributed by atoms with E-state index in [4.69, 9.17) is 0 Å². The Kier molecular flexibility index (Phi) is 11.1. The lowest BCUT2D eigenvalue weighted by atomic mass is 9.90. The van der Waals surface area contributed by atoms with E-state index >= 15 is 8.78 Å². The fraction of sp³-hybridized carbons (Fsp3) is 0.429. The molecule has 2 atom stereocenters. The van der Waals surface area contributed by atoms with Gasteiger partial charge in [0.2, 0.25) is 5.91 Å². The summed E-state index contributed by atoms with van der Waals surface area (Å²) in [7, 11) is 0. The van der Waals surface area contributed by atoms with Gasteiger partial charge in [-0.2, -0.15) is 0 Å². The molecular weight excluding hydrogens is 632 g/mol. The Morgan fingerprint density at radius 2 is 1.62 bits per heavy atom. The molecule has 0 radical (unpaired) electrons. The molecule has 258 valence electrons. The zero-order valence-corrected chi connectivity index (χ0v) is 27.5. The normalized spacial score (nSPS) is 15.5. The second-order valence-corrected chi connectivity index (χ2v) is 12.9. The molecule has 2 heterocycles. The van der Waals surface area contributed by atoms with Crippen molar-refractivity contribution in [1.82, 2.24) is 20.1 Å². The number of carboxylic acids is 1. The number of carbonyl (C=O) groups is 3. The highest BCUT2D eigenvalue weighted by atomic mass is 19.3. The van der Waals surface area contributed by atoms with Crippen molar-refractivity contribution in [1.29, 1.82) is 0 Å². The number of pyridine rings is 1. The van der Waals surface area contributed by atoms with E-state index in [0.717, 1.165) is 22.8 Å². The molecule has 1 aliphatic heterocycles. The van der Waals surface area contributed by atoms with Gasteiger partial charge in [0, 0.05) is 24.8 Å². The molecule has 0 saturated carbocycles. The number of halogens is 4. The molecule has 2 amide bonds. The average molecular weight is 673 g/mol. The summed E-state index contributed by atoms with van der Waals surface area (Å²) in [5, 5.41) is 14.7. The van der Waals surface area contributed by atoms with E-state index < -0.39 is 72.5 Å². The molecule has 0 spiro atoms. The third-order valence-corrected chi connectivity index (χ3v) is 8.25. The van der Waals surface area contributed by atoms with Crippen molar-refractivity contribution < 1.29 is 37.1 Å². The van der Waals surface area contributed by atoms with Gasteiger partial charge in [0.15, 0.2) is 11.6 Å². The number of aliphatic carboxylic acids is 1. The van der Waals surface area contributed by atoms with Gasteiger partial charge in [-0.15, -0.1) is 0 Å². The average Bonchev–Trinajstić information content (AvgIpc) is 2.95. The van der Waals surface area contributed by atoms with E-state index in [1.807, 2.05) is 32.9 Å². The van der Waals surface area contributed by atoms with Crippen LogP contribution in [0.3, 0.4) is 0 Å². The maximum absolute atomic E-state index is 15.3. The first-order valence-corrected chi connectivity index (χ1v) is 15.7. The molecule has 0 bridgehead atoms. The third kappa shape index (κ3) is 8.68. The monoisotopic (exact) mass is 672 g/mol. The predicted octanol–water partition coefficient (Wildman–Crippen LogP) is 5.15. The highest BCUT2D eigenvalue weighted by Crippen LogP contribution is 2.34. The Morgan fingerprint density at radius 1 is 0.979 bits per heavy atom. The first-order chi connectivity index (χ1) is 22.5. The summed E-state index contributed by atoms with van der Waals surface area (Å²) >= 11 is 0. The van der Waals surface area contributed by atoms with Crippen molar-refractivity contribution in [2.75, 3.05) is 19.6 Å². The van der Waals surface area contributed by atoms with Gasteiger partial charge in [-0.05, 0) is 79.6 Å². The largest absolute Gasteiger partial charge is 0.481 e. The molecule has 0 unspecified atom stereocenters. The van der Waals surface area contributed by atoms with Crippen LogP contribution in [0.25, 0.3) is 11.1 Å². The summed E-state index contributed by atoms with van der Waals surface area (Å²) in [4.78, 5) is 53.4. The molecule has 13 heteroatoms. The number of rotatable bonds is 13. The molecule has 3 N–H and O–H groups in total. The Bertz CT molecular complexity index is 1740. The van der Waals surface area contributed by atoms with Gasteiger partial charge in [-0.25, -0.2) is 17.6 Å². The molecule has 1 aliphatic rings. The van der Waals surface area contributed by atoms with Gasteiger partial charge in [-0.1, -0.05) is 31.5 Å². The summed E-state index contributed by atoms with van der Waals surface area (Å²) in [6.45, 7) is 8.50. The highest BCUT2D eigenvalue weighted by molar-refractivity contribution is 5.97. The van der Waals surface area contributed by atoms with E-state index in [2.05, 4.69) is 10.6 Å². The zero-order valence-electron chi connectivity index (χ0n) is 27.5. The molecular formula is C35H40F4N4O5. The lowest BCUT2D eigenvalue weighted by Crippen LogP contribution is -2.57. The number of carboxylic acid groups (broad SMARTS) is 1. The van der Waals surface area contributed by atoms with Gasteiger partial charge in [-0.3, -0.25) is 24.1 Å². The number of likely N-dealkylation sites (tertiary alicyclic amines) is 1. The van der Waals surface area contributed by atoms with Crippen molar-refractivity contribution >= 4 is 17.8 Å². The molecule has 1 saturated heterocycles. The van der Waals surface area contributed by atoms with Crippen LogP contribution >= 0.6 is 0 Å². The SMILES string of the molecule is Cc1cc(C)c(-c2cc(F)c(F)c([C@H](CC(=O)O)NC(=O)[C@H](CC(C)C)NC(=O)c3cccn(CCN4CC(F)(F)C4)c3=O)c2)c(C)c1. The van der Waals surface area contributed by atoms with Gasteiger partial charge < -0.3 is 20.3 Å². The van der Waals surface area contributed by atoms with Crippen molar-refractivity contribution in [3.8, 4) is 11.1 Å². The maximum Gasteiger partial charge on any atom is 0.305 e. The minimum Gasteiger partial charge on any atom is -0.481 e. The minimum absolute atomic E-state index is 0.0611. The smallest absolute Gasteiger partial charge is 0.305 e. The number of amides is 2. The standard InChI is InChI=1S/C35H40F4N4O5/c1-19(2)11-28(41-32(46)24-7-6-8-43(34(24)48)10-9-42-17-35(38,39)18-42)33(47)40-27(16-29(44)45)25-14-23(15-26(36)31(25)37)30-21(4)12-20(3)13-22(30)5/h6-8,12-15,19,27-28H,9-11,16-18H2,1-5H3,(H,40,47)(H,41,46)(H,44,45)/t27-,28-/m0/s1. The number of aryl methyl sites for hydroxylation is 3. The van der Waals surface area contributed by atoms with E-state index in [9.17, 15) is 33.1 Å². The molecule has 0 aliphatic carbocycles. The maximum atomic E-state index is 15.3. The van der Waals surface area contributed by atoms with Crippen LogP contribution in [-0.2, 0) is 16.1 Å². The number of hydrogen-bond donors (Lipinski definition) is 3. The van der Waals surface area contributed by atoms with E-state index in [1.165, 1.54) is 33.9 Å². The summed E-state index contributed by atoms with van der Waals surface area (Å²) in [5.41, 5.74) is 2.15. The van der Waals surface area contributed by atoms with Crippen LogP contribution in [0, 0.1) is 38.3 Å². The topological polar surface area (TPSA) is 121 Å². The van der Waals surface area contributed by atoms with Crippen LogP contribution in [0.5, 0.6) is 0 Å². The van der Waals surface area contributed by atoms with Crippen LogP contribution in [0.1, 0.15) is 65.3 Å². The Morgan fingerprint density at radius 3 is 2.21 bits per heavy atom. The van der Waals surface area contributed by atoms with Gasteiger partial charge in [0.25, 0.3) is 17.4 Å². The number of nitrogens with one attached hydrogen (secondary N) is 2. The van der Waals surface area contributed by atoms with E-state index in [1.54, 1.807) is 13.8 Å². The summed E-state index contributed by atoms with van der Waals surface area (Å²) in [5.74, 6) is -8.58. The Hall–Kier alpha value is -4.52. The number of aromatic nitrogens is 1. The molecule has 9 nitrogen and oxygen atoms in total. The summed E-state index contributed by atoms with van der Waals surface area (Å²) in [6.07, 6.45) is 0.708. The minimum atomic E-state index is -2.76. The fourth-order valence-electron chi connectivity index (χ4n) is 6.17. The van der Waals surface area contributed by atoms with Crippen molar-refractivity contribution in [2.45, 2.75) is 72.0 Å². The zero-order chi connectivity index (χ0) is 35.5. The van der Waals surface area contributed by atoms with E-state index in [0.29, 0.717) is 11.1 Å². The van der Waals surface area contributed by atoms with Crippen LogP contribution in [0.2, 0.25) is 0 Å². The van der Waals surface area contributed by atoms with Crippen molar-refractivity contribution in [3.63, 3.8) is 0 Å². The number of hydrogen-bond acceptors (Lipinski definition) is 5. The van der Waals surface area contributed by atoms with Gasteiger partial charge >= 0.3 is 5.97 Å². The Labute approximate surface area is 276 Å². The van der Waals surface area contributed by atoms with Gasteiger partial charge in [0.1, 0.15) is 11.6 Å². The van der Waals surface area contributed by atoms with Gasteiger partial charge in [0.05, 0.1) is 25.6 Å². The van der Waals surface area contributed by atoms with Crippen molar-refractivity contribution in [2.24, 2.45) is 5.92 Å². The van der Waals surface area contributed by atoms with Crippen LogP contribution in [-0.4, -0.2) is 64.0 Å². The molecule has 48 heavy (non-hydrogen) atoms. The molecule has 3 aromatic rings. The molecule has 4 rings (SSSR count). The van der Waals surface area contributed by atoms with E-state index in [-0.39, 0.29) is 36.6 Å². The molecule has 2 aromatic carbocycles. The first-order valence-electron chi connectivity index (χ1n) is 15.7. The van der Waals surface area contributed by atoms with Crippen LogP contribution < -0.4 is 16.2 Å². The van der Waals surface area contributed by atoms with Crippen molar-refractivity contribution in [3.05, 3.63) is 92.4 Å². The summed E-state index contributed by atoms with van der Waals surface area (Å²) < 4.78 is 58.0. The second kappa shape index (κ2) is 14.7. The highest BCUT2D eigenvalue weighted by Gasteiger charge is 2.43. The quantitative estimate of drug-likeness (QED) is 0.216. The predicted molar refractivity (Wildman–Crippen MR) is 172 cm³/mol. The molecule has 1 fully saturated rings. The summed E-state index contributed by atoms with van der Waals surface area (Å²) in [6, 6.07) is 6.04. The lowest BCUT2D eigenvalue weighted by molar-refractivity contribution is -0.138. The number of benzene rings is 2. The number of carbonyl (C=O) groups excluding carboxylic acids is 2. The molecule has 1 aromatic heterocycles. The fourth-order valence-corrected chi connectivity index (χ4v) is 6.17. The second-order valence-electron chi connectivity index (χ2n) is 12.9.